The second-order valence-electron chi connectivity index (χ2n) is 9.82. The number of morpholine rings is 1. The molecule has 1 saturated heterocycles. The van der Waals surface area contributed by atoms with Crippen LogP contribution in [0.5, 0.6) is 0 Å². The summed E-state index contributed by atoms with van der Waals surface area (Å²) < 4.78 is 11.3. The van der Waals surface area contributed by atoms with Crippen molar-refractivity contribution in [2.24, 2.45) is 0 Å². The molecule has 3 rings (SSSR count). The van der Waals surface area contributed by atoms with E-state index in [0.717, 1.165) is 21.8 Å². The quantitative estimate of drug-likeness (QED) is 0.449. The van der Waals surface area contributed by atoms with Crippen molar-refractivity contribution in [1.82, 2.24) is 9.88 Å². The zero-order valence-electron chi connectivity index (χ0n) is 18.6. The standard InChI is InChI=1S/C21H31N3O5Si/c1-21(2,3)29-20(25)23-9-10-28-13-15(23)12-17-16-11-14(24(26)27)7-8-18(16)22-19(17)30(4,5)6/h7-8,11,15,22H,9-10,12-13H2,1-6H3/t15-/m0/s1. The first-order valence-electron chi connectivity index (χ1n) is 10.2. The molecular formula is C21H31N3O5Si. The lowest BCUT2D eigenvalue weighted by molar-refractivity contribution is -0.384. The van der Waals surface area contributed by atoms with Gasteiger partial charge in [-0.05, 0) is 38.8 Å². The molecule has 1 fully saturated rings. The third-order valence-corrected chi connectivity index (χ3v) is 7.07. The Labute approximate surface area is 177 Å². The number of fused-ring (bicyclic) bond motifs is 1. The zero-order chi connectivity index (χ0) is 22.3. The molecule has 0 bridgehead atoms. The summed E-state index contributed by atoms with van der Waals surface area (Å²) >= 11 is 0. The summed E-state index contributed by atoms with van der Waals surface area (Å²) in [6.45, 7) is 13.6. The normalized spacial score (nSPS) is 17.9. The molecule has 1 aliphatic heterocycles. The minimum Gasteiger partial charge on any atom is -0.444 e. The molecule has 30 heavy (non-hydrogen) atoms. The minimum absolute atomic E-state index is 0.0637. The molecule has 1 N–H and O–H groups in total. The second-order valence-corrected chi connectivity index (χ2v) is 14.8. The third-order valence-electron chi connectivity index (χ3n) is 5.15. The molecule has 9 heteroatoms. The van der Waals surface area contributed by atoms with E-state index >= 15 is 0 Å². The Balaban J connectivity index is 2.02. The SMILES string of the molecule is CC(C)(C)OC(=O)N1CCOC[C@@H]1Cc1c([Si](C)(C)C)[nH]c2ccc([N+](=O)[O-])cc12. The number of ether oxygens (including phenoxy) is 2. The molecule has 164 valence electrons. The number of nitrogens with zero attached hydrogens (tertiary/aromatic N) is 2. The van der Waals surface area contributed by atoms with E-state index in [0.29, 0.717) is 26.2 Å². The number of aromatic nitrogens is 1. The maximum absolute atomic E-state index is 12.8. The number of amides is 1. The fraction of sp³-hybridized carbons (Fsp3) is 0.571. The number of rotatable bonds is 4. The highest BCUT2D eigenvalue weighted by Crippen LogP contribution is 2.27. The lowest BCUT2D eigenvalue weighted by atomic mass is 10.0. The Morgan fingerprint density at radius 1 is 1.37 bits per heavy atom. The summed E-state index contributed by atoms with van der Waals surface area (Å²) in [7, 11) is -1.78. The zero-order valence-corrected chi connectivity index (χ0v) is 19.6. The van der Waals surface area contributed by atoms with Crippen molar-refractivity contribution in [2.75, 3.05) is 19.8 Å². The predicted octanol–water partition coefficient (Wildman–Crippen LogP) is 3.80. The van der Waals surface area contributed by atoms with Crippen LogP contribution in [0, 0.1) is 10.1 Å². The van der Waals surface area contributed by atoms with Crippen LogP contribution < -0.4 is 5.32 Å². The van der Waals surface area contributed by atoms with Gasteiger partial charge in [0, 0.05) is 34.9 Å². The van der Waals surface area contributed by atoms with Gasteiger partial charge in [0.25, 0.3) is 5.69 Å². The Morgan fingerprint density at radius 2 is 2.07 bits per heavy atom. The van der Waals surface area contributed by atoms with Crippen LogP contribution >= 0.6 is 0 Å². The number of hydrogen-bond acceptors (Lipinski definition) is 5. The van der Waals surface area contributed by atoms with E-state index in [9.17, 15) is 14.9 Å². The van der Waals surface area contributed by atoms with Gasteiger partial charge < -0.3 is 19.4 Å². The van der Waals surface area contributed by atoms with Gasteiger partial charge in [-0.1, -0.05) is 19.6 Å². The number of H-pyrrole nitrogens is 1. The van der Waals surface area contributed by atoms with Crippen molar-refractivity contribution in [1.29, 1.82) is 0 Å². The van der Waals surface area contributed by atoms with Crippen LogP contribution in [-0.4, -0.2) is 60.4 Å². The average molecular weight is 434 g/mol. The van der Waals surface area contributed by atoms with Gasteiger partial charge >= 0.3 is 6.09 Å². The first-order valence-corrected chi connectivity index (χ1v) is 13.7. The molecule has 1 aliphatic rings. The van der Waals surface area contributed by atoms with Gasteiger partial charge in [-0.3, -0.25) is 10.1 Å². The molecule has 2 heterocycles. The van der Waals surface area contributed by atoms with Gasteiger partial charge in [0.15, 0.2) is 0 Å². The Morgan fingerprint density at radius 3 is 2.67 bits per heavy atom. The molecule has 0 saturated carbocycles. The first-order chi connectivity index (χ1) is 13.9. The smallest absolute Gasteiger partial charge is 0.410 e. The summed E-state index contributed by atoms with van der Waals surface area (Å²) in [5, 5.41) is 13.3. The fourth-order valence-corrected chi connectivity index (χ4v) is 5.47. The van der Waals surface area contributed by atoms with Crippen LogP contribution in [0.25, 0.3) is 10.9 Å². The van der Waals surface area contributed by atoms with Crippen LogP contribution in [0.2, 0.25) is 19.6 Å². The average Bonchev–Trinajstić information content (AvgIpc) is 2.99. The lowest BCUT2D eigenvalue weighted by Crippen LogP contribution is -2.52. The van der Waals surface area contributed by atoms with Gasteiger partial charge in [-0.15, -0.1) is 0 Å². The monoisotopic (exact) mass is 433 g/mol. The molecule has 0 aliphatic carbocycles. The van der Waals surface area contributed by atoms with E-state index in [4.69, 9.17) is 9.47 Å². The molecule has 0 radical (unpaired) electrons. The molecule has 0 unspecified atom stereocenters. The highest BCUT2D eigenvalue weighted by molar-refractivity contribution is 6.88. The van der Waals surface area contributed by atoms with Crippen molar-refractivity contribution in [3.8, 4) is 0 Å². The first kappa shape index (κ1) is 22.3. The topological polar surface area (TPSA) is 97.7 Å². The number of hydrogen-bond donors (Lipinski definition) is 1. The van der Waals surface area contributed by atoms with Crippen LogP contribution in [0.15, 0.2) is 18.2 Å². The molecule has 2 aromatic rings. The number of benzene rings is 1. The van der Waals surface area contributed by atoms with Crippen LogP contribution in [0.4, 0.5) is 10.5 Å². The fourth-order valence-electron chi connectivity index (χ4n) is 3.82. The maximum Gasteiger partial charge on any atom is 0.410 e. The Kier molecular flexibility index (Phi) is 5.97. The summed E-state index contributed by atoms with van der Waals surface area (Å²) in [5.74, 6) is 0. The van der Waals surface area contributed by atoms with Gasteiger partial charge in [0.05, 0.1) is 32.3 Å². The van der Waals surface area contributed by atoms with Crippen molar-refractivity contribution in [2.45, 2.75) is 58.5 Å². The van der Waals surface area contributed by atoms with Gasteiger partial charge in [0.1, 0.15) is 5.60 Å². The minimum atomic E-state index is -1.78. The maximum atomic E-state index is 12.8. The van der Waals surface area contributed by atoms with E-state index in [1.807, 2.05) is 20.8 Å². The second kappa shape index (κ2) is 8.03. The predicted molar refractivity (Wildman–Crippen MR) is 119 cm³/mol. The van der Waals surface area contributed by atoms with E-state index in [2.05, 4.69) is 24.6 Å². The van der Waals surface area contributed by atoms with Crippen LogP contribution in [-0.2, 0) is 15.9 Å². The molecule has 1 aromatic carbocycles. The summed E-state index contributed by atoms with van der Waals surface area (Å²) in [4.78, 5) is 29.0. The Bertz CT molecular complexity index is 958. The summed E-state index contributed by atoms with van der Waals surface area (Å²) in [6, 6.07) is 4.73. The molecule has 1 atom stereocenters. The van der Waals surface area contributed by atoms with E-state index in [1.54, 1.807) is 17.0 Å². The molecular weight excluding hydrogens is 402 g/mol. The van der Waals surface area contributed by atoms with Gasteiger partial charge in [-0.2, -0.15) is 0 Å². The third kappa shape index (κ3) is 4.84. The number of carbonyl (C=O) groups excluding carboxylic acids is 1. The largest absolute Gasteiger partial charge is 0.444 e. The Hall–Kier alpha value is -2.39. The van der Waals surface area contributed by atoms with Crippen molar-refractivity contribution in [3.05, 3.63) is 33.9 Å². The van der Waals surface area contributed by atoms with E-state index in [1.165, 1.54) is 6.07 Å². The number of nitro benzene ring substituents is 1. The molecule has 8 nitrogen and oxygen atoms in total. The van der Waals surface area contributed by atoms with Crippen molar-refractivity contribution in [3.63, 3.8) is 0 Å². The summed E-state index contributed by atoms with van der Waals surface area (Å²) in [6.07, 6.45) is 0.205. The highest BCUT2D eigenvalue weighted by Gasteiger charge is 2.34. The molecule has 1 amide bonds. The van der Waals surface area contributed by atoms with Crippen LogP contribution in [0.3, 0.4) is 0 Å². The van der Waals surface area contributed by atoms with E-state index < -0.39 is 13.7 Å². The number of non-ortho nitro benzene ring substituents is 1. The number of nitrogens with one attached hydrogen (secondary N) is 1. The molecule has 1 aromatic heterocycles. The van der Waals surface area contributed by atoms with Crippen molar-refractivity contribution < 1.29 is 19.2 Å². The number of carbonyl (C=O) groups is 1. The number of aromatic amines is 1. The summed E-state index contributed by atoms with van der Waals surface area (Å²) in [5.41, 5.74) is 1.41. The van der Waals surface area contributed by atoms with Gasteiger partial charge in [-0.25, -0.2) is 4.79 Å². The van der Waals surface area contributed by atoms with Crippen molar-refractivity contribution >= 4 is 36.1 Å². The van der Waals surface area contributed by atoms with Gasteiger partial charge in [0.2, 0.25) is 0 Å². The highest BCUT2D eigenvalue weighted by atomic mass is 28.3. The lowest BCUT2D eigenvalue weighted by Gasteiger charge is -2.37. The van der Waals surface area contributed by atoms with E-state index in [-0.39, 0.29) is 22.7 Å². The number of nitro groups is 1. The van der Waals surface area contributed by atoms with Crippen LogP contribution in [0.1, 0.15) is 26.3 Å². The molecule has 0 spiro atoms.